The van der Waals surface area contributed by atoms with E-state index in [2.05, 4.69) is 30.6 Å². The zero-order valence-corrected chi connectivity index (χ0v) is 15.6. The van der Waals surface area contributed by atoms with Crippen LogP contribution in [-0.4, -0.2) is 97.4 Å². The number of hydrogen-bond acceptors (Lipinski definition) is 6. The van der Waals surface area contributed by atoms with Crippen LogP contribution in [0.2, 0.25) is 0 Å². The third kappa shape index (κ3) is 6.94. The van der Waals surface area contributed by atoms with Gasteiger partial charge in [-0.15, -0.1) is 0 Å². The zero-order valence-electron chi connectivity index (χ0n) is 15.6. The van der Waals surface area contributed by atoms with Crippen molar-refractivity contribution in [3.63, 3.8) is 0 Å². The molecular weight excluding hydrogens is 308 g/mol. The summed E-state index contributed by atoms with van der Waals surface area (Å²) in [4.78, 5) is 4.59. The summed E-state index contributed by atoms with van der Waals surface area (Å²) in [7, 11) is 0. The lowest BCUT2D eigenvalue weighted by molar-refractivity contribution is -0.0318. The molecular formula is C18H36N2O4. The van der Waals surface area contributed by atoms with Gasteiger partial charge in [0, 0.05) is 45.9 Å². The van der Waals surface area contributed by atoms with Gasteiger partial charge in [0.15, 0.2) is 0 Å². The molecule has 0 aromatic heterocycles. The van der Waals surface area contributed by atoms with Crippen LogP contribution in [0.4, 0.5) is 0 Å². The molecule has 0 radical (unpaired) electrons. The SMILES string of the molecule is CC(C)(C)[C@H](O)CN1CCN(C[C@H](O)COC[C@H]2CCCO2)CC1. The van der Waals surface area contributed by atoms with Crippen LogP contribution in [0.1, 0.15) is 33.6 Å². The van der Waals surface area contributed by atoms with Crippen LogP contribution in [0.15, 0.2) is 0 Å². The van der Waals surface area contributed by atoms with Crippen LogP contribution < -0.4 is 0 Å². The Morgan fingerprint density at radius 3 is 2.25 bits per heavy atom. The second-order valence-corrected chi connectivity index (χ2v) is 8.31. The first-order valence-corrected chi connectivity index (χ1v) is 9.35. The van der Waals surface area contributed by atoms with Crippen molar-refractivity contribution in [1.82, 2.24) is 9.80 Å². The Balaban J connectivity index is 1.56. The zero-order chi connectivity index (χ0) is 17.6. The molecule has 24 heavy (non-hydrogen) atoms. The molecule has 2 heterocycles. The third-order valence-electron chi connectivity index (χ3n) is 5.00. The summed E-state index contributed by atoms with van der Waals surface area (Å²) in [5.41, 5.74) is -0.0757. The highest BCUT2D eigenvalue weighted by Crippen LogP contribution is 2.20. The van der Waals surface area contributed by atoms with Crippen LogP contribution in [0.5, 0.6) is 0 Å². The van der Waals surface area contributed by atoms with E-state index in [1.54, 1.807) is 0 Å². The molecule has 6 nitrogen and oxygen atoms in total. The Kier molecular flexibility index (Phi) is 7.91. The van der Waals surface area contributed by atoms with Crippen molar-refractivity contribution in [3.05, 3.63) is 0 Å². The molecule has 6 heteroatoms. The number of ether oxygens (including phenoxy) is 2. The average molecular weight is 344 g/mol. The van der Waals surface area contributed by atoms with E-state index in [0.717, 1.165) is 52.2 Å². The predicted molar refractivity (Wildman–Crippen MR) is 94.1 cm³/mol. The first kappa shape index (κ1) is 20.1. The van der Waals surface area contributed by atoms with Crippen LogP contribution in [0.25, 0.3) is 0 Å². The second kappa shape index (κ2) is 9.46. The lowest BCUT2D eigenvalue weighted by Crippen LogP contribution is -2.51. The highest BCUT2D eigenvalue weighted by atomic mass is 16.5. The van der Waals surface area contributed by atoms with Gasteiger partial charge in [0.1, 0.15) is 0 Å². The number of nitrogens with zero attached hydrogens (tertiary/aromatic N) is 2. The Bertz CT molecular complexity index is 347. The lowest BCUT2D eigenvalue weighted by atomic mass is 9.89. The van der Waals surface area contributed by atoms with Gasteiger partial charge in [0.25, 0.3) is 0 Å². The van der Waals surface area contributed by atoms with Gasteiger partial charge in [0.05, 0.1) is 31.5 Å². The largest absolute Gasteiger partial charge is 0.391 e. The molecule has 2 aliphatic heterocycles. The van der Waals surface area contributed by atoms with Gasteiger partial charge in [-0.2, -0.15) is 0 Å². The molecule has 0 unspecified atom stereocenters. The van der Waals surface area contributed by atoms with Gasteiger partial charge in [-0.1, -0.05) is 20.8 Å². The van der Waals surface area contributed by atoms with Crippen molar-refractivity contribution in [2.75, 3.05) is 59.1 Å². The highest BCUT2D eigenvalue weighted by Gasteiger charge is 2.27. The van der Waals surface area contributed by atoms with Crippen LogP contribution in [-0.2, 0) is 9.47 Å². The number of rotatable bonds is 8. The summed E-state index contributed by atoms with van der Waals surface area (Å²) in [6.45, 7) is 13.1. The Hall–Kier alpha value is -0.240. The minimum absolute atomic E-state index is 0.0757. The summed E-state index contributed by atoms with van der Waals surface area (Å²) in [6.07, 6.45) is 1.65. The second-order valence-electron chi connectivity index (χ2n) is 8.31. The molecule has 0 aromatic carbocycles. The van der Waals surface area contributed by atoms with Crippen molar-refractivity contribution in [2.45, 2.75) is 51.9 Å². The smallest absolute Gasteiger partial charge is 0.0900 e. The topological polar surface area (TPSA) is 65.4 Å². The summed E-state index contributed by atoms with van der Waals surface area (Å²) < 4.78 is 11.1. The maximum atomic E-state index is 10.2. The molecule has 0 aromatic rings. The van der Waals surface area contributed by atoms with E-state index in [0.29, 0.717) is 19.8 Å². The molecule has 0 aliphatic carbocycles. The van der Waals surface area contributed by atoms with Crippen molar-refractivity contribution in [1.29, 1.82) is 0 Å². The van der Waals surface area contributed by atoms with E-state index in [1.165, 1.54) is 0 Å². The molecule has 3 atom stereocenters. The van der Waals surface area contributed by atoms with Gasteiger partial charge < -0.3 is 19.7 Å². The van der Waals surface area contributed by atoms with E-state index < -0.39 is 6.10 Å². The monoisotopic (exact) mass is 344 g/mol. The van der Waals surface area contributed by atoms with Gasteiger partial charge in [0.2, 0.25) is 0 Å². The highest BCUT2D eigenvalue weighted by molar-refractivity contribution is 4.80. The van der Waals surface area contributed by atoms with E-state index in [4.69, 9.17) is 9.47 Å². The average Bonchev–Trinajstić information content (AvgIpc) is 3.01. The van der Waals surface area contributed by atoms with Crippen molar-refractivity contribution in [3.8, 4) is 0 Å². The Morgan fingerprint density at radius 2 is 1.71 bits per heavy atom. The fourth-order valence-electron chi connectivity index (χ4n) is 3.13. The summed E-state index contributed by atoms with van der Waals surface area (Å²) in [6, 6.07) is 0. The number of aliphatic hydroxyl groups is 2. The standard InChI is InChI=1S/C18H36N2O4/c1-18(2,3)17(22)12-20-8-6-19(7-9-20)11-15(21)13-23-14-16-5-4-10-24-16/h15-17,21-22H,4-14H2,1-3H3/t15-,16+,17+/m0/s1. The number of hydrogen-bond donors (Lipinski definition) is 2. The molecule has 0 spiro atoms. The van der Waals surface area contributed by atoms with Gasteiger partial charge in [-0.3, -0.25) is 9.80 Å². The quantitative estimate of drug-likeness (QED) is 0.671. The molecule has 142 valence electrons. The lowest BCUT2D eigenvalue weighted by Gasteiger charge is -2.38. The molecule has 2 saturated heterocycles. The van der Waals surface area contributed by atoms with Crippen molar-refractivity contribution in [2.24, 2.45) is 5.41 Å². The van der Waals surface area contributed by atoms with Crippen molar-refractivity contribution >= 4 is 0 Å². The fourth-order valence-corrected chi connectivity index (χ4v) is 3.13. The maximum absolute atomic E-state index is 10.2. The molecule has 2 N–H and O–H groups in total. The normalized spacial score (nSPS) is 26.6. The van der Waals surface area contributed by atoms with Crippen molar-refractivity contribution < 1.29 is 19.7 Å². The fraction of sp³-hybridized carbons (Fsp3) is 1.00. The minimum Gasteiger partial charge on any atom is -0.391 e. The summed E-state index contributed by atoms with van der Waals surface area (Å²) in [5, 5.41) is 20.3. The predicted octanol–water partition coefficient (Wildman–Crippen LogP) is 0.568. The Morgan fingerprint density at radius 1 is 1.08 bits per heavy atom. The summed E-state index contributed by atoms with van der Waals surface area (Å²) in [5.74, 6) is 0. The maximum Gasteiger partial charge on any atom is 0.0900 e. The molecule has 0 saturated carbocycles. The van der Waals surface area contributed by atoms with E-state index in [9.17, 15) is 10.2 Å². The van der Waals surface area contributed by atoms with Crippen LogP contribution >= 0.6 is 0 Å². The number of β-amino-alcohol motifs (C(OH)–C–C–N with tert-alkyl or cyclic N) is 2. The molecule has 0 amide bonds. The molecule has 2 fully saturated rings. The molecule has 2 aliphatic rings. The van der Waals surface area contributed by atoms with E-state index in [-0.39, 0.29) is 17.6 Å². The summed E-state index contributed by atoms with van der Waals surface area (Å²) >= 11 is 0. The van der Waals surface area contributed by atoms with Gasteiger partial charge in [-0.25, -0.2) is 0 Å². The Labute approximate surface area is 146 Å². The minimum atomic E-state index is -0.446. The van der Waals surface area contributed by atoms with E-state index in [1.807, 2.05) is 0 Å². The third-order valence-corrected chi connectivity index (χ3v) is 5.00. The van der Waals surface area contributed by atoms with Crippen LogP contribution in [0.3, 0.4) is 0 Å². The van der Waals surface area contributed by atoms with E-state index >= 15 is 0 Å². The number of aliphatic hydroxyl groups excluding tert-OH is 2. The first-order valence-electron chi connectivity index (χ1n) is 9.35. The van der Waals surface area contributed by atoms with Gasteiger partial charge in [-0.05, 0) is 18.3 Å². The molecule has 0 bridgehead atoms. The van der Waals surface area contributed by atoms with Gasteiger partial charge >= 0.3 is 0 Å². The van der Waals surface area contributed by atoms with Crippen LogP contribution in [0, 0.1) is 5.41 Å². The first-order chi connectivity index (χ1) is 11.3. The number of piperazine rings is 1. The molecule has 2 rings (SSSR count).